The summed E-state index contributed by atoms with van der Waals surface area (Å²) >= 11 is 23.2. The normalized spacial score (nSPS) is 47.6. The Morgan fingerprint density at radius 1 is 0.700 bits per heavy atom. The summed E-state index contributed by atoms with van der Waals surface area (Å²) in [5.74, 6) is 0. The van der Waals surface area contributed by atoms with Gasteiger partial charge in [-0.3, -0.25) is 0 Å². The standard InChI is InChI=1S/C6H6Cl4/c7-3-1-2-4(8)6(10)5(3)9/h1-6H/t3-,4-,5+,6+/m0/s1. The van der Waals surface area contributed by atoms with Crippen LogP contribution in [0.25, 0.3) is 0 Å². The van der Waals surface area contributed by atoms with Crippen molar-refractivity contribution in [1.82, 2.24) is 0 Å². The molecule has 0 spiro atoms. The van der Waals surface area contributed by atoms with Crippen LogP contribution < -0.4 is 0 Å². The molecule has 1 aliphatic rings. The second kappa shape index (κ2) is 3.53. The second-order valence-corrected chi connectivity index (χ2v) is 4.18. The topological polar surface area (TPSA) is 0 Å². The zero-order valence-electron chi connectivity index (χ0n) is 4.98. The van der Waals surface area contributed by atoms with Crippen LogP contribution in [0.15, 0.2) is 12.2 Å². The maximum Gasteiger partial charge on any atom is 0.0716 e. The van der Waals surface area contributed by atoms with Gasteiger partial charge in [0.2, 0.25) is 0 Å². The molecule has 0 aromatic heterocycles. The van der Waals surface area contributed by atoms with E-state index in [1.54, 1.807) is 12.2 Å². The van der Waals surface area contributed by atoms with Crippen LogP contribution in [0.2, 0.25) is 0 Å². The maximum atomic E-state index is 5.81. The van der Waals surface area contributed by atoms with Gasteiger partial charge in [-0.15, -0.1) is 46.4 Å². The van der Waals surface area contributed by atoms with Crippen molar-refractivity contribution in [3.8, 4) is 0 Å². The van der Waals surface area contributed by atoms with Crippen molar-refractivity contribution < 1.29 is 0 Å². The van der Waals surface area contributed by atoms with Gasteiger partial charge in [0, 0.05) is 0 Å². The molecule has 0 amide bonds. The van der Waals surface area contributed by atoms with Crippen molar-refractivity contribution in [3.63, 3.8) is 0 Å². The van der Waals surface area contributed by atoms with Gasteiger partial charge in [0.25, 0.3) is 0 Å². The first kappa shape index (κ1) is 8.99. The lowest BCUT2D eigenvalue weighted by atomic mass is 10.1. The molecule has 0 saturated carbocycles. The lowest BCUT2D eigenvalue weighted by Gasteiger charge is -2.25. The minimum absolute atomic E-state index is 0.195. The van der Waals surface area contributed by atoms with Crippen molar-refractivity contribution in [2.75, 3.05) is 0 Å². The average Bonchev–Trinajstić information content (AvgIpc) is 1.93. The Morgan fingerprint density at radius 2 is 1.00 bits per heavy atom. The predicted molar refractivity (Wildman–Crippen MR) is 47.7 cm³/mol. The van der Waals surface area contributed by atoms with Crippen molar-refractivity contribution in [1.29, 1.82) is 0 Å². The summed E-state index contributed by atoms with van der Waals surface area (Å²) < 4.78 is 0. The third-order valence-corrected chi connectivity index (χ3v) is 3.70. The van der Waals surface area contributed by atoms with Gasteiger partial charge in [-0.1, -0.05) is 12.2 Å². The Hall–Kier alpha value is 0.900. The lowest BCUT2D eigenvalue weighted by Crippen LogP contribution is -2.34. The largest absolute Gasteiger partial charge is 0.119 e. The number of allylic oxidation sites excluding steroid dienone is 2. The molecule has 4 atom stereocenters. The molecule has 0 aliphatic heterocycles. The Bertz CT molecular complexity index is 129. The zero-order chi connectivity index (χ0) is 7.72. The van der Waals surface area contributed by atoms with Crippen LogP contribution in [0.4, 0.5) is 0 Å². The van der Waals surface area contributed by atoms with Gasteiger partial charge >= 0.3 is 0 Å². The van der Waals surface area contributed by atoms with E-state index in [-0.39, 0.29) is 21.5 Å². The van der Waals surface area contributed by atoms with E-state index in [2.05, 4.69) is 0 Å². The van der Waals surface area contributed by atoms with Crippen LogP contribution in [0.1, 0.15) is 0 Å². The minimum Gasteiger partial charge on any atom is -0.119 e. The molecular weight excluding hydrogens is 214 g/mol. The van der Waals surface area contributed by atoms with Crippen molar-refractivity contribution in [2.45, 2.75) is 21.5 Å². The third kappa shape index (κ3) is 1.73. The molecular formula is C6H6Cl4. The van der Waals surface area contributed by atoms with Gasteiger partial charge < -0.3 is 0 Å². The number of alkyl halides is 4. The summed E-state index contributed by atoms with van der Waals surface area (Å²) in [6, 6.07) is 0. The zero-order valence-corrected chi connectivity index (χ0v) is 8.00. The molecule has 0 aromatic rings. The molecule has 0 saturated heterocycles. The van der Waals surface area contributed by atoms with Gasteiger partial charge in [0.05, 0.1) is 21.5 Å². The van der Waals surface area contributed by atoms with E-state index in [0.717, 1.165) is 0 Å². The predicted octanol–water partition coefficient (Wildman–Crippen LogP) is 2.99. The van der Waals surface area contributed by atoms with Gasteiger partial charge in [-0.25, -0.2) is 0 Å². The Labute approximate surface area is 80.1 Å². The van der Waals surface area contributed by atoms with E-state index in [1.807, 2.05) is 0 Å². The molecule has 10 heavy (non-hydrogen) atoms. The fraction of sp³-hybridized carbons (Fsp3) is 0.667. The molecule has 0 radical (unpaired) electrons. The second-order valence-electron chi connectivity index (χ2n) is 2.16. The Balaban J connectivity index is 2.69. The van der Waals surface area contributed by atoms with Crippen LogP contribution in [0, 0.1) is 0 Å². The molecule has 0 heterocycles. The lowest BCUT2D eigenvalue weighted by molar-refractivity contribution is 0.759. The maximum absolute atomic E-state index is 5.81. The quantitative estimate of drug-likeness (QED) is 0.434. The van der Waals surface area contributed by atoms with Crippen LogP contribution in [0.3, 0.4) is 0 Å². The van der Waals surface area contributed by atoms with Crippen molar-refractivity contribution >= 4 is 46.4 Å². The number of hydrogen-bond acceptors (Lipinski definition) is 0. The smallest absolute Gasteiger partial charge is 0.0716 e. The number of rotatable bonds is 0. The summed E-state index contributed by atoms with van der Waals surface area (Å²) in [5, 5.41) is -0.926. The highest BCUT2D eigenvalue weighted by atomic mass is 35.5. The fourth-order valence-corrected chi connectivity index (χ4v) is 1.89. The average molecular weight is 220 g/mol. The van der Waals surface area contributed by atoms with Crippen molar-refractivity contribution in [3.05, 3.63) is 12.2 Å². The molecule has 0 N–H and O–H groups in total. The molecule has 0 bridgehead atoms. The molecule has 0 unspecified atom stereocenters. The molecule has 0 aromatic carbocycles. The fourth-order valence-electron chi connectivity index (χ4n) is 0.776. The summed E-state index contributed by atoms with van der Waals surface area (Å²) in [7, 11) is 0. The third-order valence-electron chi connectivity index (χ3n) is 1.39. The summed E-state index contributed by atoms with van der Waals surface area (Å²) in [6.45, 7) is 0. The summed E-state index contributed by atoms with van der Waals surface area (Å²) in [4.78, 5) is 0. The van der Waals surface area contributed by atoms with E-state index in [0.29, 0.717) is 0 Å². The van der Waals surface area contributed by atoms with Crippen LogP contribution in [0.5, 0.6) is 0 Å². The highest BCUT2D eigenvalue weighted by Crippen LogP contribution is 2.29. The van der Waals surface area contributed by atoms with E-state index in [4.69, 9.17) is 46.4 Å². The van der Waals surface area contributed by atoms with E-state index in [1.165, 1.54) is 0 Å². The summed E-state index contributed by atoms with van der Waals surface area (Å²) in [6.07, 6.45) is 3.55. The van der Waals surface area contributed by atoms with Gasteiger partial charge in [-0.05, 0) is 0 Å². The molecule has 58 valence electrons. The first-order valence-corrected chi connectivity index (χ1v) is 4.62. The Kier molecular flexibility index (Phi) is 3.18. The van der Waals surface area contributed by atoms with Crippen molar-refractivity contribution in [2.24, 2.45) is 0 Å². The van der Waals surface area contributed by atoms with E-state index >= 15 is 0 Å². The molecule has 0 nitrogen and oxygen atoms in total. The van der Waals surface area contributed by atoms with E-state index < -0.39 is 0 Å². The van der Waals surface area contributed by atoms with Crippen LogP contribution in [-0.4, -0.2) is 21.5 Å². The van der Waals surface area contributed by atoms with Crippen LogP contribution in [-0.2, 0) is 0 Å². The van der Waals surface area contributed by atoms with Gasteiger partial charge in [0.15, 0.2) is 0 Å². The van der Waals surface area contributed by atoms with Gasteiger partial charge in [0.1, 0.15) is 0 Å². The molecule has 4 heteroatoms. The molecule has 1 rings (SSSR count). The summed E-state index contributed by atoms with van der Waals surface area (Å²) in [5.41, 5.74) is 0. The first-order valence-electron chi connectivity index (χ1n) is 2.87. The SMILES string of the molecule is Cl[C@H]1[C@H](Cl)[C@@H](Cl)C=C[C@@H]1Cl. The molecule has 1 aliphatic carbocycles. The minimum atomic E-state index is -0.268. The molecule has 0 fully saturated rings. The first-order chi connectivity index (χ1) is 4.63. The van der Waals surface area contributed by atoms with E-state index in [9.17, 15) is 0 Å². The highest BCUT2D eigenvalue weighted by Gasteiger charge is 2.31. The van der Waals surface area contributed by atoms with Gasteiger partial charge in [-0.2, -0.15) is 0 Å². The highest BCUT2D eigenvalue weighted by molar-refractivity contribution is 6.39. The Morgan fingerprint density at radius 3 is 1.30 bits per heavy atom. The number of hydrogen-bond donors (Lipinski definition) is 0. The number of halogens is 4. The van der Waals surface area contributed by atoms with Crippen LogP contribution >= 0.6 is 46.4 Å². The monoisotopic (exact) mass is 218 g/mol.